The first-order valence-corrected chi connectivity index (χ1v) is 11.1. The molecule has 2 heterocycles. The third kappa shape index (κ3) is 5.98. The van der Waals surface area contributed by atoms with Crippen molar-refractivity contribution in [1.82, 2.24) is 10.3 Å². The molecular weight excluding hydrogens is 465 g/mol. The molecule has 0 radical (unpaired) electrons. The molecular formula is C27H24FN3O5. The largest absolute Gasteiger partial charge is 0.489 e. The van der Waals surface area contributed by atoms with E-state index in [0.29, 0.717) is 28.5 Å². The lowest BCUT2D eigenvalue weighted by Gasteiger charge is -2.20. The molecule has 2 N–H and O–H groups in total. The first kappa shape index (κ1) is 24.7. The third-order valence-corrected chi connectivity index (χ3v) is 5.19. The summed E-state index contributed by atoms with van der Waals surface area (Å²) in [6.45, 7) is 3.09. The second-order valence-corrected chi connectivity index (χ2v) is 8.66. The highest BCUT2D eigenvalue weighted by atomic mass is 19.1. The smallest absolute Gasteiger partial charge is 0.270 e. The van der Waals surface area contributed by atoms with Gasteiger partial charge in [0.1, 0.15) is 47.0 Å². The van der Waals surface area contributed by atoms with Crippen LogP contribution in [0.5, 0.6) is 17.2 Å². The molecule has 9 heteroatoms. The van der Waals surface area contributed by atoms with Gasteiger partial charge in [0, 0.05) is 12.6 Å². The number of amides is 2. The maximum Gasteiger partial charge on any atom is 0.270 e. The fraction of sp³-hybridized carbons (Fsp3) is 0.222. The number of ether oxygens (including phenoxy) is 2. The third-order valence-electron chi connectivity index (χ3n) is 5.19. The zero-order valence-electron chi connectivity index (χ0n) is 19.9. The van der Waals surface area contributed by atoms with E-state index in [-0.39, 0.29) is 24.0 Å². The van der Waals surface area contributed by atoms with Crippen molar-refractivity contribution in [2.45, 2.75) is 25.5 Å². The van der Waals surface area contributed by atoms with Gasteiger partial charge in [-0.15, -0.1) is 0 Å². The number of rotatable bonds is 4. The number of aliphatic hydroxyl groups is 1. The molecule has 0 bridgehead atoms. The standard InChI is InChI=1S/C27H24FN3O5/c1-27(2,34)13-12-17-4-11-24-23(14-17)31(3)26(33)22(16-35-24)30-25(32)21-10-9-20(15-29-21)36-19-7-5-18(28)6-8-19/h4-11,14-15,22,34H,16H2,1-3H3,(H,30,32). The van der Waals surface area contributed by atoms with Gasteiger partial charge in [-0.05, 0) is 68.4 Å². The van der Waals surface area contributed by atoms with Gasteiger partial charge >= 0.3 is 0 Å². The van der Waals surface area contributed by atoms with Gasteiger partial charge < -0.3 is 24.8 Å². The van der Waals surface area contributed by atoms with E-state index >= 15 is 0 Å². The Morgan fingerprint density at radius 1 is 1.19 bits per heavy atom. The average molecular weight is 490 g/mol. The van der Waals surface area contributed by atoms with Crippen molar-refractivity contribution in [1.29, 1.82) is 0 Å². The summed E-state index contributed by atoms with van der Waals surface area (Å²) in [7, 11) is 1.59. The number of fused-ring (bicyclic) bond motifs is 1. The molecule has 0 aliphatic carbocycles. The van der Waals surface area contributed by atoms with E-state index in [0.717, 1.165) is 0 Å². The van der Waals surface area contributed by atoms with Crippen molar-refractivity contribution in [3.05, 3.63) is 77.9 Å². The van der Waals surface area contributed by atoms with Gasteiger partial charge in [0.2, 0.25) is 0 Å². The van der Waals surface area contributed by atoms with Crippen molar-refractivity contribution >= 4 is 17.5 Å². The summed E-state index contributed by atoms with van der Waals surface area (Å²) in [5.41, 5.74) is 0.0380. The SMILES string of the molecule is CN1C(=O)C(NC(=O)c2ccc(Oc3ccc(F)cc3)cn2)COc2ccc(C#CC(C)(C)O)cc21. The lowest BCUT2D eigenvalue weighted by molar-refractivity contribution is -0.120. The molecule has 1 unspecified atom stereocenters. The minimum atomic E-state index is -1.15. The number of hydrogen-bond donors (Lipinski definition) is 2. The quantitative estimate of drug-likeness (QED) is 0.546. The number of halogens is 1. The summed E-state index contributed by atoms with van der Waals surface area (Å²) < 4.78 is 24.4. The van der Waals surface area contributed by atoms with E-state index in [9.17, 15) is 19.1 Å². The lowest BCUT2D eigenvalue weighted by atomic mass is 10.1. The van der Waals surface area contributed by atoms with Crippen LogP contribution in [0.4, 0.5) is 10.1 Å². The second-order valence-electron chi connectivity index (χ2n) is 8.66. The molecule has 184 valence electrons. The monoisotopic (exact) mass is 489 g/mol. The number of anilines is 1. The highest BCUT2D eigenvalue weighted by molar-refractivity contribution is 6.02. The summed E-state index contributed by atoms with van der Waals surface area (Å²) >= 11 is 0. The van der Waals surface area contributed by atoms with Crippen molar-refractivity contribution in [2.75, 3.05) is 18.6 Å². The predicted octanol–water partition coefficient (Wildman–Crippen LogP) is 3.29. The summed E-state index contributed by atoms with van der Waals surface area (Å²) in [4.78, 5) is 31.3. The second kappa shape index (κ2) is 10.1. The molecule has 4 rings (SSSR count). The van der Waals surface area contributed by atoms with E-state index in [1.54, 1.807) is 45.2 Å². The number of carbonyl (C=O) groups is 2. The first-order valence-electron chi connectivity index (χ1n) is 11.1. The molecule has 0 saturated heterocycles. The topological polar surface area (TPSA) is 101 Å². The summed E-state index contributed by atoms with van der Waals surface area (Å²) in [5.74, 6) is 5.57. The molecule has 1 aliphatic heterocycles. The zero-order chi connectivity index (χ0) is 25.9. The molecule has 2 amide bonds. The number of aromatic nitrogens is 1. The Labute approximate surface area is 207 Å². The maximum atomic E-state index is 13.1. The molecule has 1 aliphatic rings. The van der Waals surface area contributed by atoms with Gasteiger partial charge in [-0.1, -0.05) is 11.8 Å². The van der Waals surface area contributed by atoms with Crippen molar-refractivity contribution in [3.8, 4) is 29.1 Å². The molecule has 8 nitrogen and oxygen atoms in total. The highest BCUT2D eigenvalue weighted by Gasteiger charge is 2.31. The van der Waals surface area contributed by atoms with Crippen LogP contribution >= 0.6 is 0 Å². The Bertz CT molecular complexity index is 1340. The van der Waals surface area contributed by atoms with E-state index in [4.69, 9.17) is 9.47 Å². The Morgan fingerprint density at radius 2 is 1.92 bits per heavy atom. The van der Waals surface area contributed by atoms with Gasteiger partial charge in [-0.3, -0.25) is 9.59 Å². The van der Waals surface area contributed by atoms with E-state index < -0.39 is 17.6 Å². The van der Waals surface area contributed by atoms with Crippen molar-refractivity contribution in [3.63, 3.8) is 0 Å². The number of hydrogen-bond acceptors (Lipinski definition) is 6. The molecule has 3 aromatic rings. The van der Waals surface area contributed by atoms with Gasteiger partial charge in [0.25, 0.3) is 11.8 Å². The van der Waals surface area contributed by atoms with Crippen LogP contribution in [0.25, 0.3) is 0 Å². The summed E-state index contributed by atoms with van der Waals surface area (Å²) in [5, 5.41) is 12.5. The number of nitrogens with one attached hydrogen (secondary N) is 1. The van der Waals surface area contributed by atoms with E-state index in [1.165, 1.54) is 41.4 Å². The van der Waals surface area contributed by atoms with Crippen LogP contribution in [0.15, 0.2) is 60.8 Å². The number of pyridine rings is 1. The van der Waals surface area contributed by atoms with Gasteiger partial charge in [0.05, 0.1) is 11.9 Å². The van der Waals surface area contributed by atoms with Gasteiger partial charge in [0.15, 0.2) is 0 Å². The zero-order valence-corrected chi connectivity index (χ0v) is 19.9. The fourth-order valence-electron chi connectivity index (χ4n) is 3.35. The Kier molecular flexibility index (Phi) is 6.90. The van der Waals surface area contributed by atoms with E-state index in [2.05, 4.69) is 22.1 Å². The molecule has 1 aromatic heterocycles. The van der Waals surface area contributed by atoms with Crippen LogP contribution < -0.4 is 19.7 Å². The number of carbonyl (C=O) groups excluding carboxylic acids is 2. The van der Waals surface area contributed by atoms with Crippen molar-refractivity contribution in [2.24, 2.45) is 0 Å². The summed E-state index contributed by atoms with van der Waals surface area (Å²) in [6.07, 6.45) is 1.36. The van der Waals surface area contributed by atoms with Gasteiger partial charge in [-0.2, -0.15) is 0 Å². The Morgan fingerprint density at radius 3 is 2.58 bits per heavy atom. The van der Waals surface area contributed by atoms with Crippen molar-refractivity contribution < 1.29 is 28.6 Å². The van der Waals surface area contributed by atoms with Crippen LogP contribution in [0.1, 0.15) is 29.9 Å². The maximum absolute atomic E-state index is 13.1. The lowest BCUT2D eigenvalue weighted by Crippen LogP contribution is -2.49. The molecule has 2 aromatic carbocycles. The van der Waals surface area contributed by atoms with Crippen LogP contribution in [-0.2, 0) is 4.79 Å². The van der Waals surface area contributed by atoms with E-state index in [1.807, 2.05) is 0 Å². The van der Waals surface area contributed by atoms with Crippen LogP contribution in [0, 0.1) is 17.7 Å². The highest BCUT2D eigenvalue weighted by Crippen LogP contribution is 2.31. The summed E-state index contributed by atoms with van der Waals surface area (Å²) in [6, 6.07) is 12.7. The molecule has 0 saturated carbocycles. The number of nitrogens with zero attached hydrogens (tertiary/aromatic N) is 2. The normalized spacial score (nSPS) is 15.1. The van der Waals surface area contributed by atoms with Crippen LogP contribution in [0.3, 0.4) is 0 Å². The minimum Gasteiger partial charge on any atom is -0.489 e. The minimum absolute atomic E-state index is 0.0671. The average Bonchev–Trinajstić information content (AvgIpc) is 2.96. The molecule has 36 heavy (non-hydrogen) atoms. The first-order chi connectivity index (χ1) is 17.1. The molecule has 0 fully saturated rings. The number of likely N-dealkylation sites (N-methyl/N-ethyl adjacent to an activating group) is 1. The van der Waals surface area contributed by atoms with Crippen LogP contribution in [-0.4, -0.2) is 47.2 Å². The Balaban J connectivity index is 1.44. The number of benzene rings is 2. The fourth-order valence-corrected chi connectivity index (χ4v) is 3.35. The Hall–Kier alpha value is -4.42. The predicted molar refractivity (Wildman–Crippen MR) is 130 cm³/mol. The molecule has 0 spiro atoms. The van der Waals surface area contributed by atoms with Crippen LogP contribution in [0.2, 0.25) is 0 Å². The van der Waals surface area contributed by atoms with Gasteiger partial charge in [-0.25, -0.2) is 9.37 Å². The molecule has 1 atom stereocenters.